The third kappa shape index (κ3) is 2.37. The first-order valence-electron chi connectivity index (χ1n) is 5.49. The molecule has 0 saturated carbocycles. The molecule has 0 radical (unpaired) electrons. The molecule has 1 aliphatic rings. The van der Waals surface area contributed by atoms with Gasteiger partial charge in [0.05, 0.1) is 11.9 Å². The minimum atomic E-state index is -0.218. The smallest absolute Gasteiger partial charge is 0.263 e. The molecule has 8 nitrogen and oxygen atoms in total. The third-order valence-corrected chi connectivity index (χ3v) is 2.42. The van der Waals surface area contributed by atoms with Crippen LogP contribution in [0, 0.1) is 0 Å². The molecule has 0 fully saturated rings. The predicted molar refractivity (Wildman–Crippen MR) is 68.1 cm³/mol. The largest absolute Gasteiger partial charge is 0.480 e. The van der Waals surface area contributed by atoms with Crippen molar-refractivity contribution >= 4 is 29.2 Å². The molecule has 4 N–H and O–H groups in total. The zero-order chi connectivity index (χ0) is 13.2. The van der Waals surface area contributed by atoms with Gasteiger partial charge in [-0.2, -0.15) is 4.98 Å². The number of rotatable bonds is 2. The van der Waals surface area contributed by atoms with Gasteiger partial charge in [0.2, 0.25) is 5.95 Å². The molecule has 3 rings (SSSR count). The molecular weight excluding hydrogens is 248 g/mol. The lowest BCUT2D eigenvalue weighted by atomic mass is 10.3. The van der Waals surface area contributed by atoms with Gasteiger partial charge in [0, 0.05) is 12.3 Å². The van der Waals surface area contributed by atoms with Gasteiger partial charge in [-0.15, -0.1) is 0 Å². The molecule has 2 aromatic rings. The van der Waals surface area contributed by atoms with Gasteiger partial charge in [0.1, 0.15) is 5.82 Å². The molecule has 96 valence electrons. The number of nitrogens with one attached hydrogen (secondary N) is 2. The van der Waals surface area contributed by atoms with E-state index in [2.05, 4.69) is 25.6 Å². The second kappa shape index (κ2) is 4.41. The summed E-state index contributed by atoms with van der Waals surface area (Å²) in [5.74, 6) is 1.42. The molecule has 2 aromatic heterocycles. The number of carbonyl (C=O) groups excluding carboxylic acids is 1. The van der Waals surface area contributed by atoms with E-state index in [9.17, 15) is 4.79 Å². The second-order valence-corrected chi connectivity index (χ2v) is 3.83. The molecule has 0 aliphatic carbocycles. The minimum absolute atomic E-state index is 0.0153. The normalized spacial score (nSPS) is 13.2. The summed E-state index contributed by atoms with van der Waals surface area (Å²) in [5, 5.41) is 5.63. The fourth-order valence-corrected chi connectivity index (χ4v) is 1.62. The van der Waals surface area contributed by atoms with Crippen LogP contribution in [0.25, 0.3) is 0 Å². The van der Waals surface area contributed by atoms with Crippen LogP contribution >= 0.6 is 0 Å². The second-order valence-electron chi connectivity index (χ2n) is 3.83. The van der Waals surface area contributed by atoms with E-state index < -0.39 is 0 Å². The van der Waals surface area contributed by atoms with E-state index >= 15 is 0 Å². The highest BCUT2D eigenvalue weighted by atomic mass is 16.5. The Morgan fingerprint density at radius 3 is 3.16 bits per heavy atom. The van der Waals surface area contributed by atoms with E-state index in [-0.39, 0.29) is 18.5 Å². The molecule has 0 bridgehead atoms. The average Bonchev–Trinajstić information content (AvgIpc) is 2.39. The van der Waals surface area contributed by atoms with Crippen molar-refractivity contribution in [3.05, 3.63) is 24.5 Å². The Balaban J connectivity index is 1.85. The monoisotopic (exact) mass is 258 g/mol. The van der Waals surface area contributed by atoms with Crippen molar-refractivity contribution < 1.29 is 9.53 Å². The maximum absolute atomic E-state index is 11.1. The summed E-state index contributed by atoms with van der Waals surface area (Å²) in [6.07, 6.45) is 3.11. The van der Waals surface area contributed by atoms with Crippen LogP contribution in [-0.4, -0.2) is 27.5 Å². The molecule has 0 aromatic carbocycles. The maximum Gasteiger partial charge on any atom is 0.263 e. The Morgan fingerprint density at radius 1 is 1.42 bits per heavy atom. The lowest BCUT2D eigenvalue weighted by Crippen LogP contribution is -2.26. The van der Waals surface area contributed by atoms with Crippen LogP contribution in [0.1, 0.15) is 0 Å². The fraction of sp³-hybridized carbons (Fsp3) is 0.0909. The van der Waals surface area contributed by atoms with E-state index in [1.54, 1.807) is 24.5 Å². The molecule has 0 atom stereocenters. The van der Waals surface area contributed by atoms with E-state index in [0.29, 0.717) is 23.1 Å². The minimum Gasteiger partial charge on any atom is -0.480 e. The number of nitrogens with zero attached hydrogens (tertiary/aromatic N) is 3. The zero-order valence-corrected chi connectivity index (χ0v) is 9.75. The van der Waals surface area contributed by atoms with Crippen LogP contribution in [-0.2, 0) is 4.79 Å². The number of hydrogen-bond donors (Lipinski definition) is 3. The van der Waals surface area contributed by atoms with Gasteiger partial charge in [-0.1, -0.05) is 0 Å². The number of hydrogen-bond acceptors (Lipinski definition) is 7. The van der Waals surface area contributed by atoms with Crippen molar-refractivity contribution in [2.45, 2.75) is 0 Å². The van der Waals surface area contributed by atoms with Crippen LogP contribution in [0.2, 0.25) is 0 Å². The molecule has 1 amide bonds. The molecule has 0 unspecified atom stereocenters. The Morgan fingerprint density at radius 2 is 2.32 bits per heavy atom. The Labute approximate surface area is 108 Å². The lowest BCUT2D eigenvalue weighted by molar-refractivity contribution is -0.118. The number of nitrogens with two attached hydrogens (primary N) is 1. The number of ether oxygens (including phenoxy) is 1. The van der Waals surface area contributed by atoms with E-state index in [0.717, 1.165) is 0 Å². The molecule has 19 heavy (non-hydrogen) atoms. The van der Waals surface area contributed by atoms with Crippen molar-refractivity contribution in [3.63, 3.8) is 0 Å². The topological polar surface area (TPSA) is 115 Å². The molecule has 0 spiro atoms. The van der Waals surface area contributed by atoms with Crippen molar-refractivity contribution in [3.8, 4) is 5.75 Å². The first-order valence-corrected chi connectivity index (χ1v) is 5.49. The summed E-state index contributed by atoms with van der Waals surface area (Å²) in [6, 6.07) is 3.40. The number of carbonyl (C=O) groups is 1. The van der Waals surface area contributed by atoms with Gasteiger partial charge in [-0.05, 0) is 6.07 Å². The van der Waals surface area contributed by atoms with Crippen LogP contribution in [0.15, 0.2) is 24.5 Å². The van der Waals surface area contributed by atoms with E-state index in [1.807, 2.05) is 0 Å². The van der Waals surface area contributed by atoms with Gasteiger partial charge in [-0.25, -0.2) is 9.97 Å². The molecule has 1 aliphatic heterocycles. The summed E-state index contributed by atoms with van der Waals surface area (Å²) >= 11 is 0. The number of nitrogen functional groups attached to an aromatic ring is 1. The zero-order valence-electron chi connectivity index (χ0n) is 9.75. The number of fused-ring (bicyclic) bond motifs is 1. The predicted octanol–water partition coefficient (Wildman–Crippen LogP) is 0.528. The number of pyridine rings is 1. The summed E-state index contributed by atoms with van der Waals surface area (Å²) in [6.45, 7) is -0.0153. The Bertz CT molecular complexity index is 645. The first kappa shape index (κ1) is 11.2. The molecular formula is C11H10N6O2. The van der Waals surface area contributed by atoms with Gasteiger partial charge in [0.15, 0.2) is 18.2 Å². The fourth-order valence-electron chi connectivity index (χ4n) is 1.62. The summed E-state index contributed by atoms with van der Waals surface area (Å²) in [7, 11) is 0. The molecule has 8 heteroatoms. The van der Waals surface area contributed by atoms with Gasteiger partial charge < -0.3 is 21.1 Å². The molecule has 3 heterocycles. The van der Waals surface area contributed by atoms with Crippen LogP contribution in [0.5, 0.6) is 5.75 Å². The SMILES string of the molecule is Nc1nccc(Nc2cnc3c(c2)OCC(=O)N3)n1. The van der Waals surface area contributed by atoms with Gasteiger partial charge >= 0.3 is 0 Å². The highest BCUT2D eigenvalue weighted by molar-refractivity contribution is 5.94. The van der Waals surface area contributed by atoms with Gasteiger partial charge in [-0.3, -0.25) is 4.79 Å². The highest BCUT2D eigenvalue weighted by Crippen LogP contribution is 2.28. The number of aromatic nitrogens is 3. The van der Waals surface area contributed by atoms with Crippen LogP contribution < -0.4 is 21.1 Å². The highest BCUT2D eigenvalue weighted by Gasteiger charge is 2.17. The number of anilines is 4. The standard InChI is InChI=1S/C11H10N6O2/c12-11-13-2-1-8(16-11)15-6-3-7-10(14-4-6)17-9(18)5-19-7/h1-4H,5H2,(H,14,17,18)(H3,12,13,15,16). The average molecular weight is 258 g/mol. The van der Waals surface area contributed by atoms with Crippen molar-refractivity contribution in [1.82, 2.24) is 15.0 Å². The van der Waals surface area contributed by atoms with Crippen molar-refractivity contribution in [1.29, 1.82) is 0 Å². The summed E-state index contributed by atoms with van der Waals surface area (Å²) in [5.41, 5.74) is 6.16. The summed E-state index contributed by atoms with van der Waals surface area (Å²) < 4.78 is 5.27. The maximum atomic E-state index is 11.1. The van der Waals surface area contributed by atoms with E-state index in [4.69, 9.17) is 10.5 Å². The Hall–Kier alpha value is -2.90. The first-order chi connectivity index (χ1) is 9.20. The molecule has 0 saturated heterocycles. The summed E-state index contributed by atoms with van der Waals surface area (Å²) in [4.78, 5) is 23.0. The van der Waals surface area contributed by atoms with Crippen molar-refractivity contribution in [2.75, 3.05) is 23.0 Å². The van der Waals surface area contributed by atoms with E-state index in [1.165, 1.54) is 0 Å². The van der Waals surface area contributed by atoms with Crippen LogP contribution in [0.3, 0.4) is 0 Å². The van der Waals surface area contributed by atoms with Crippen molar-refractivity contribution in [2.24, 2.45) is 0 Å². The van der Waals surface area contributed by atoms with Crippen LogP contribution in [0.4, 0.5) is 23.3 Å². The van der Waals surface area contributed by atoms with Gasteiger partial charge in [0.25, 0.3) is 5.91 Å². The third-order valence-electron chi connectivity index (χ3n) is 2.42. The lowest BCUT2D eigenvalue weighted by Gasteiger charge is -2.17. The quantitative estimate of drug-likeness (QED) is 0.719. The Kier molecular flexibility index (Phi) is 2.60. The number of amides is 1.